The molecule has 0 atom stereocenters. The number of halogens is 2. The second kappa shape index (κ2) is 13.7. The van der Waals surface area contributed by atoms with Gasteiger partial charge in [-0.3, -0.25) is 9.59 Å². The molecule has 6 nitrogen and oxygen atoms in total. The highest BCUT2D eigenvalue weighted by Gasteiger charge is 2.08. The lowest BCUT2D eigenvalue weighted by atomic mass is 10.1. The number of amides is 2. The molecule has 3 aromatic carbocycles. The number of rotatable bonds is 10. The van der Waals surface area contributed by atoms with Crippen LogP contribution in [-0.4, -0.2) is 23.5 Å². The zero-order valence-corrected chi connectivity index (χ0v) is 21.2. The zero-order valence-electron chi connectivity index (χ0n) is 18.9. The van der Waals surface area contributed by atoms with E-state index in [0.717, 1.165) is 5.56 Å². The summed E-state index contributed by atoms with van der Waals surface area (Å²) in [6, 6.07) is 21.9. The molecule has 0 aliphatic carbocycles. The molecular formula is C26H25Cl2N3O3S. The fraction of sp³-hybridized carbons (Fsp3) is 0.192. The lowest BCUT2D eigenvalue weighted by molar-refractivity contribution is -0.120. The Balaban J connectivity index is 1.37. The summed E-state index contributed by atoms with van der Waals surface area (Å²) in [5.74, 6) is 0.198. The zero-order chi connectivity index (χ0) is 25.0. The minimum atomic E-state index is -0.237. The van der Waals surface area contributed by atoms with E-state index in [1.54, 1.807) is 42.5 Å². The van der Waals surface area contributed by atoms with Crippen molar-refractivity contribution in [3.05, 3.63) is 88.4 Å². The standard InChI is InChI=1S/C26H25Cl2N3O3S/c27-19-12-13-23(22(28)16-19)34-15-5-10-24(32)31-26(35)30-21-9-4-8-20(17-21)29-25(33)14-11-18-6-2-1-3-7-18/h1-4,6-9,12-13,16-17H,5,10-11,14-15H2,(H,29,33)(H2,30,31,32,35). The molecular weight excluding hydrogens is 505 g/mol. The SMILES string of the molecule is O=C(CCCOc1ccc(Cl)cc1Cl)NC(=S)Nc1cccc(NC(=O)CCc2ccccc2)c1. The first-order valence-electron chi connectivity index (χ1n) is 11.0. The number of benzene rings is 3. The first-order valence-corrected chi connectivity index (χ1v) is 12.2. The minimum Gasteiger partial charge on any atom is -0.492 e. The molecule has 2 amide bonds. The third-order valence-corrected chi connectivity index (χ3v) is 5.57. The van der Waals surface area contributed by atoms with Crippen LogP contribution in [0.15, 0.2) is 72.8 Å². The van der Waals surface area contributed by atoms with Crippen molar-refractivity contribution in [3.8, 4) is 5.75 Å². The van der Waals surface area contributed by atoms with Gasteiger partial charge in [-0.25, -0.2) is 0 Å². The van der Waals surface area contributed by atoms with E-state index < -0.39 is 0 Å². The third kappa shape index (κ3) is 9.56. The summed E-state index contributed by atoms with van der Waals surface area (Å²) in [5.41, 5.74) is 2.40. The molecule has 0 aliphatic rings. The number of carbonyl (C=O) groups is 2. The van der Waals surface area contributed by atoms with Gasteiger partial charge in [0, 0.05) is 29.2 Å². The average Bonchev–Trinajstić information content (AvgIpc) is 2.82. The Morgan fingerprint density at radius 2 is 1.57 bits per heavy atom. The maximum atomic E-state index is 12.3. The number of aryl methyl sites for hydroxylation is 1. The molecule has 0 spiro atoms. The summed E-state index contributed by atoms with van der Waals surface area (Å²) in [4.78, 5) is 24.4. The molecule has 0 fully saturated rings. The molecule has 0 saturated heterocycles. The molecule has 0 heterocycles. The number of hydrogen-bond acceptors (Lipinski definition) is 4. The van der Waals surface area contributed by atoms with Crippen LogP contribution in [0.3, 0.4) is 0 Å². The number of thiocarbonyl (C=S) groups is 1. The van der Waals surface area contributed by atoms with Crippen LogP contribution >= 0.6 is 35.4 Å². The van der Waals surface area contributed by atoms with Gasteiger partial charge in [-0.1, -0.05) is 59.6 Å². The van der Waals surface area contributed by atoms with Crippen LogP contribution in [-0.2, 0) is 16.0 Å². The molecule has 0 aromatic heterocycles. The van der Waals surface area contributed by atoms with E-state index in [-0.39, 0.29) is 23.3 Å². The maximum Gasteiger partial charge on any atom is 0.226 e. The molecule has 3 N–H and O–H groups in total. The quantitative estimate of drug-likeness (QED) is 0.214. The lowest BCUT2D eigenvalue weighted by Gasteiger charge is -2.12. The van der Waals surface area contributed by atoms with Crippen LogP contribution in [0.4, 0.5) is 11.4 Å². The van der Waals surface area contributed by atoms with E-state index >= 15 is 0 Å². The van der Waals surface area contributed by atoms with E-state index in [2.05, 4.69) is 16.0 Å². The number of nitrogens with one attached hydrogen (secondary N) is 3. The van der Waals surface area contributed by atoms with Crippen molar-refractivity contribution < 1.29 is 14.3 Å². The highest BCUT2D eigenvalue weighted by atomic mass is 35.5. The minimum absolute atomic E-state index is 0.0796. The summed E-state index contributed by atoms with van der Waals surface area (Å²) in [7, 11) is 0. The van der Waals surface area contributed by atoms with Gasteiger partial charge in [0.15, 0.2) is 5.11 Å². The smallest absolute Gasteiger partial charge is 0.226 e. The van der Waals surface area contributed by atoms with Crippen LogP contribution in [0, 0.1) is 0 Å². The summed E-state index contributed by atoms with van der Waals surface area (Å²) < 4.78 is 5.58. The van der Waals surface area contributed by atoms with Crippen LogP contribution < -0.4 is 20.7 Å². The lowest BCUT2D eigenvalue weighted by Crippen LogP contribution is -2.34. The predicted octanol–water partition coefficient (Wildman–Crippen LogP) is 6.24. The monoisotopic (exact) mass is 529 g/mol. The van der Waals surface area contributed by atoms with Crippen molar-refractivity contribution in [2.45, 2.75) is 25.7 Å². The third-order valence-electron chi connectivity index (χ3n) is 4.84. The van der Waals surface area contributed by atoms with Crippen molar-refractivity contribution in [1.82, 2.24) is 5.32 Å². The van der Waals surface area contributed by atoms with Crippen molar-refractivity contribution in [3.63, 3.8) is 0 Å². The second-order valence-corrected chi connectivity index (χ2v) is 8.90. The number of anilines is 2. The van der Waals surface area contributed by atoms with E-state index in [1.165, 1.54) is 0 Å². The second-order valence-electron chi connectivity index (χ2n) is 7.64. The molecule has 35 heavy (non-hydrogen) atoms. The topological polar surface area (TPSA) is 79.5 Å². The van der Waals surface area contributed by atoms with E-state index in [0.29, 0.717) is 53.0 Å². The van der Waals surface area contributed by atoms with Gasteiger partial charge in [-0.15, -0.1) is 0 Å². The van der Waals surface area contributed by atoms with Crippen LogP contribution in [0.25, 0.3) is 0 Å². The largest absolute Gasteiger partial charge is 0.492 e. The molecule has 182 valence electrons. The van der Waals surface area contributed by atoms with Gasteiger partial charge >= 0.3 is 0 Å². The van der Waals surface area contributed by atoms with Gasteiger partial charge < -0.3 is 20.7 Å². The number of ether oxygens (including phenoxy) is 1. The van der Waals surface area contributed by atoms with Crippen molar-refractivity contribution in [2.75, 3.05) is 17.2 Å². The molecule has 0 bridgehead atoms. The van der Waals surface area contributed by atoms with Crippen LogP contribution in [0.2, 0.25) is 10.0 Å². The Bertz CT molecular complexity index is 1180. The Labute approximate surface area is 220 Å². The molecule has 0 aliphatic heterocycles. The van der Waals surface area contributed by atoms with Crippen LogP contribution in [0.5, 0.6) is 5.75 Å². The highest BCUT2D eigenvalue weighted by molar-refractivity contribution is 7.80. The van der Waals surface area contributed by atoms with Crippen molar-refractivity contribution >= 4 is 63.7 Å². The van der Waals surface area contributed by atoms with E-state index in [1.807, 2.05) is 30.3 Å². The van der Waals surface area contributed by atoms with Crippen molar-refractivity contribution in [2.24, 2.45) is 0 Å². The fourth-order valence-electron chi connectivity index (χ4n) is 3.16. The van der Waals surface area contributed by atoms with E-state index in [9.17, 15) is 9.59 Å². The Hall–Kier alpha value is -3.13. The molecule has 3 rings (SSSR count). The Morgan fingerprint density at radius 1 is 0.829 bits per heavy atom. The predicted molar refractivity (Wildman–Crippen MR) is 145 cm³/mol. The van der Waals surface area contributed by atoms with Gasteiger partial charge in [0.1, 0.15) is 5.75 Å². The first kappa shape index (κ1) is 26.5. The highest BCUT2D eigenvalue weighted by Crippen LogP contribution is 2.27. The molecule has 3 aromatic rings. The number of hydrogen-bond donors (Lipinski definition) is 3. The summed E-state index contributed by atoms with van der Waals surface area (Å²) in [6.07, 6.45) is 1.75. The van der Waals surface area contributed by atoms with Gasteiger partial charge in [0.25, 0.3) is 0 Å². The van der Waals surface area contributed by atoms with Crippen molar-refractivity contribution in [1.29, 1.82) is 0 Å². The van der Waals surface area contributed by atoms with Gasteiger partial charge in [0.05, 0.1) is 11.6 Å². The summed E-state index contributed by atoms with van der Waals surface area (Å²) >= 11 is 17.2. The fourth-order valence-corrected chi connectivity index (χ4v) is 3.85. The summed E-state index contributed by atoms with van der Waals surface area (Å²) in [6.45, 7) is 0.320. The van der Waals surface area contributed by atoms with Gasteiger partial charge in [-0.2, -0.15) is 0 Å². The normalized spacial score (nSPS) is 10.3. The Kier molecular flexibility index (Phi) is 10.3. The van der Waals surface area contributed by atoms with Gasteiger partial charge in [0.2, 0.25) is 11.8 Å². The molecule has 0 radical (unpaired) electrons. The van der Waals surface area contributed by atoms with E-state index in [4.69, 9.17) is 40.2 Å². The average molecular weight is 530 g/mol. The Morgan fingerprint density at radius 3 is 2.31 bits per heavy atom. The van der Waals surface area contributed by atoms with Crippen LogP contribution in [0.1, 0.15) is 24.8 Å². The molecule has 9 heteroatoms. The number of carbonyl (C=O) groups excluding carboxylic acids is 2. The summed E-state index contributed by atoms with van der Waals surface area (Å²) in [5, 5.41) is 9.60. The molecule has 0 unspecified atom stereocenters. The van der Waals surface area contributed by atoms with Gasteiger partial charge in [-0.05, 0) is 67.0 Å². The maximum absolute atomic E-state index is 12.3. The molecule has 0 saturated carbocycles. The first-order chi connectivity index (χ1) is 16.9.